The van der Waals surface area contributed by atoms with E-state index in [-0.39, 0.29) is 5.82 Å². The summed E-state index contributed by atoms with van der Waals surface area (Å²) in [7, 11) is 0. The first-order chi connectivity index (χ1) is 9.62. The van der Waals surface area contributed by atoms with Crippen molar-refractivity contribution in [3.05, 3.63) is 40.7 Å². The molecule has 108 valence electrons. The van der Waals surface area contributed by atoms with Crippen molar-refractivity contribution in [2.75, 3.05) is 23.3 Å². The second kappa shape index (κ2) is 6.70. The summed E-state index contributed by atoms with van der Waals surface area (Å²) in [6, 6.07) is 4.98. The summed E-state index contributed by atoms with van der Waals surface area (Å²) in [5, 5.41) is 4.29. The highest BCUT2D eigenvalue weighted by molar-refractivity contribution is 7.15. The van der Waals surface area contributed by atoms with Gasteiger partial charge < -0.3 is 10.2 Å². The SMILES string of the molecule is CCN(CC)c1ncc(CNc2cc(C)cc(F)c2)s1. The van der Waals surface area contributed by atoms with Gasteiger partial charge in [0.25, 0.3) is 0 Å². The zero-order valence-corrected chi connectivity index (χ0v) is 12.9. The topological polar surface area (TPSA) is 28.2 Å². The van der Waals surface area contributed by atoms with Crippen LogP contribution in [0.2, 0.25) is 0 Å². The van der Waals surface area contributed by atoms with Crippen molar-refractivity contribution in [2.24, 2.45) is 0 Å². The van der Waals surface area contributed by atoms with Crippen molar-refractivity contribution in [3.8, 4) is 0 Å². The zero-order valence-electron chi connectivity index (χ0n) is 12.1. The summed E-state index contributed by atoms with van der Waals surface area (Å²) < 4.78 is 13.3. The van der Waals surface area contributed by atoms with E-state index in [0.29, 0.717) is 6.54 Å². The lowest BCUT2D eigenvalue weighted by Crippen LogP contribution is -2.21. The highest BCUT2D eigenvalue weighted by Crippen LogP contribution is 2.23. The standard InChI is InChI=1S/C15H20FN3S/c1-4-19(5-2)15-18-10-14(20-15)9-17-13-7-11(3)6-12(16)8-13/h6-8,10,17H,4-5,9H2,1-3H3. The lowest BCUT2D eigenvalue weighted by Gasteiger charge is -2.16. The molecule has 0 aliphatic heterocycles. The van der Waals surface area contributed by atoms with Crippen molar-refractivity contribution in [2.45, 2.75) is 27.3 Å². The van der Waals surface area contributed by atoms with E-state index in [1.807, 2.05) is 19.2 Å². The van der Waals surface area contributed by atoms with Crippen molar-refractivity contribution < 1.29 is 4.39 Å². The third-order valence-electron chi connectivity index (χ3n) is 3.08. The highest BCUT2D eigenvalue weighted by Gasteiger charge is 2.07. The average Bonchev–Trinajstić information content (AvgIpc) is 2.86. The third kappa shape index (κ3) is 3.70. The van der Waals surface area contributed by atoms with E-state index in [1.54, 1.807) is 11.3 Å². The minimum atomic E-state index is -0.208. The largest absolute Gasteiger partial charge is 0.380 e. The van der Waals surface area contributed by atoms with Crippen molar-refractivity contribution >= 4 is 22.2 Å². The Kier molecular flexibility index (Phi) is 4.95. The maximum Gasteiger partial charge on any atom is 0.185 e. The van der Waals surface area contributed by atoms with Crippen LogP contribution in [0.4, 0.5) is 15.2 Å². The van der Waals surface area contributed by atoms with Crippen LogP contribution in [-0.4, -0.2) is 18.1 Å². The Labute approximate surface area is 123 Å². The van der Waals surface area contributed by atoms with Crippen LogP contribution < -0.4 is 10.2 Å². The molecule has 1 aromatic carbocycles. The number of benzene rings is 1. The number of nitrogens with one attached hydrogen (secondary N) is 1. The quantitative estimate of drug-likeness (QED) is 0.871. The molecule has 3 nitrogen and oxygen atoms in total. The van der Waals surface area contributed by atoms with Gasteiger partial charge in [-0.1, -0.05) is 0 Å². The number of halogens is 1. The molecule has 1 N–H and O–H groups in total. The number of aryl methyl sites for hydroxylation is 1. The first kappa shape index (κ1) is 14.8. The van der Waals surface area contributed by atoms with Crippen molar-refractivity contribution in [1.82, 2.24) is 4.98 Å². The number of nitrogens with zero attached hydrogens (tertiary/aromatic N) is 2. The van der Waals surface area contributed by atoms with E-state index in [2.05, 4.69) is 29.0 Å². The van der Waals surface area contributed by atoms with E-state index in [1.165, 1.54) is 12.1 Å². The summed E-state index contributed by atoms with van der Waals surface area (Å²) >= 11 is 1.68. The van der Waals surface area contributed by atoms with Gasteiger partial charge in [-0.05, 0) is 44.5 Å². The second-order valence-corrected chi connectivity index (χ2v) is 5.75. The molecule has 0 unspecified atom stereocenters. The number of thiazole rings is 1. The van der Waals surface area contributed by atoms with Crippen LogP contribution in [0.1, 0.15) is 24.3 Å². The predicted octanol–water partition coefficient (Wildman–Crippen LogP) is 4.05. The average molecular weight is 293 g/mol. The molecule has 0 aliphatic rings. The number of aromatic nitrogens is 1. The van der Waals surface area contributed by atoms with E-state index in [9.17, 15) is 4.39 Å². The Hall–Kier alpha value is -1.62. The van der Waals surface area contributed by atoms with Gasteiger partial charge in [0.2, 0.25) is 0 Å². The van der Waals surface area contributed by atoms with Crippen LogP contribution in [-0.2, 0) is 6.54 Å². The lowest BCUT2D eigenvalue weighted by molar-refractivity contribution is 0.627. The van der Waals surface area contributed by atoms with Gasteiger partial charge in [-0.25, -0.2) is 9.37 Å². The fraction of sp³-hybridized carbons (Fsp3) is 0.400. The molecule has 0 bridgehead atoms. The third-order valence-corrected chi connectivity index (χ3v) is 4.14. The van der Waals surface area contributed by atoms with Gasteiger partial charge in [0, 0.05) is 29.9 Å². The normalized spacial score (nSPS) is 10.6. The molecule has 0 fully saturated rings. The Bertz CT molecular complexity index is 544. The Morgan fingerprint density at radius 3 is 2.65 bits per heavy atom. The molecule has 0 radical (unpaired) electrons. The summed E-state index contributed by atoms with van der Waals surface area (Å²) in [6.45, 7) is 8.72. The Morgan fingerprint density at radius 1 is 1.25 bits per heavy atom. The summed E-state index contributed by atoms with van der Waals surface area (Å²) in [5.74, 6) is -0.208. The van der Waals surface area contributed by atoms with Gasteiger partial charge in [0.05, 0.1) is 6.54 Å². The molecular weight excluding hydrogens is 273 g/mol. The van der Waals surface area contributed by atoms with Gasteiger partial charge in [-0.3, -0.25) is 0 Å². The van der Waals surface area contributed by atoms with E-state index < -0.39 is 0 Å². The molecule has 0 aliphatic carbocycles. The van der Waals surface area contributed by atoms with Gasteiger partial charge in [-0.2, -0.15) is 0 Å². The predicted molar refractivity (Wildman–Crippen MR) is 84.1 cm³/mol. The number of rotatable bonds is 6. The Balaban J connectivity index is 2.00. The van der Waals surface area contributed by atoms with Crippen LogP contribution in [0.15, 0.2) is 24.4 Å². The molecule has 2 aromatic rings. The number of hydrogen-bond acceptors (Lipinski definition) is 4. The van der Waals surface area contributed by atoms with Crippen LogP contribution in [0, 0.1) is 12.7 Å². The minimum absolute atomic E-state index is 0.208. The molecule has 2 rings (SSSR count). The van der Waals surface area contributed by atoms with Gasteiger partial charge in [0.15, 0.2) is 5.13 Å². The summed E-state index contributed by atoms with van der Waals surface area (Å²) in [5.41, 5.74) is 1.72. The van der Waals surface area contributed by atoms with E-state index in [4.69, 9.17) is 0 Å². The molecule has 5 heteroatoms. The van der Waals surface area contributed by atoms with Gasteiger partial charge in [-0.15, -0.1) is 11.3 Å². The maximum atomic E-state index is 13.3. The smallest absolute Gasteiger partial charge is 0.185 e. The second-order valence-electron chi connectivity index (χ2n) is 4.65. The molecule has 0 amide bonds. The molecule has 1 heterocycles. The lowest BCUT2D eigenvalue weighted by atomic mass is 10.2. The number of anilines is 2. The van der Waals surface area contributed by atoms with Crippen molar-refractivity contribution in [3.63, 3.8) is 0 Å². The fourth-order valence-corrected chi connectivity index (χ4v) is 3.02. The summed E-state index contributed by atoms with van der Waals surface area (Å²) in [6.07, 6.45) is 1.89. The maximum absolute atomic E-state index is 13.3. The molecule has 0 saturated carbocycles. The first-order valence-electron chi connectivity index (χ1n) is 6.83. The van der Waals surface area contributed by atoms with E-state index >= 15 is 0 Å². The zero-order chi connectivity index (χ0) is 14.5. The first-order valence-corrected chi connectivity index (χ1v) is 7.64. The molecule has 0 spiro atoms. The fourth-order valence-electron chi connectivity index (χ4n) is 2.05. The highest BCUT2D eigenvalue weighted by atomic mass is 32.1. The van der Waals surface area contributed by atoms with E-state index in [0.717, 1.165) is 34.3 Å². The summed E-state index contributed by atoms with van der Waals surface area (Å²) in [4.78, 5) is 7.81. The Morgan fingerprint density at radius 2 is 2.00 bits per heavy atom. The molecule has 1 aromatic heterocycles. The molecule has 0 atom stereocenters. The van der Waals surface area contributed by atoms with Crippen LogP contribution >= 0.6 is 11.3 Å². The minimum Gasteiger partial charge on any atom is -0.380 e. The van der Waals surface area contributed by atoms with Crippen molar-refractivity contribution in [1.29, 1.82) is 0 Å². The van der Waals surface area contributed by atoms with Crippen LogP contribution in [0.5, 0.6) is 0 Å². The van der Waals surface area contributed by atoms with Crippen LogP contribution in [0.25, 0.3) is 0 Å². The molecule has 0 saturated heterocycles. The number of hydrogen-bond donors (Lipinski definition) is 1. The monoisotopic (exact) mass is 293 g/mol. The van der Waals surface area contributed by atoms with Crippen LogP contribution in [0.3, 0.4) is 0 Å². The van der Waals surface area contributed by atoms with Gasteiger partial charge in [0.1, 0.15) is 5.82 Å². The molecule has 20 heavy (non-hydrogen) atoms. The molecular formula is C15H20FN3S. The van der Waals surface area contributed by atoms with Gasteiger partial charge >= 0.3 is 0 Å².